The number of hydrogen-bond donors (Lipinski definition) is 0. The van der Waals surface area contributed by atoms with E-state index in [0.717, 1.165) is 0 Å². The van der Waals surface area contributed by atoms with Crippen LogP contribution in [0.25, 0.3) is 12.2 Å². The molecule has 0 fully saturated rings. The maximum Gasteiger partial charge on any atom is 2.00 e. The van der Waals surface area contributed by atoms with Gasteiger partial charge in [-0.05, 0) is 35.1 Å². The summed E-state index contributed by atoms with van der Waals surface area (Å²) in [5, 5.41) is 0. The van der Waals surface area contributed by atoms with Crippen LogP contribution in [0.5, 0.6) is 0 Å². The molecule has 116 valence electrons. The Labute approximate surface area is 169 Å². The summed E-state index contributed by atoms with van der Waals surface area (Å²) in [6.07, 6.45) is 11.8. The topological polar surface area (TPSA) is 0 Å². The van der Waals surface area contributed by atoms with Gasteiger partial charge in [-0.3, -0.25) is 0 Å². The summed E-state index contributed by atoms with van der Waals surface area (Å²) < 4.78 is 0. The summed E-state index contributed by atoms with van der Waals surface area (Å²) >= 11 is 0. The Morgan fingerprint density at radius 1 is 0.609 bits per heavy atom. The van der Waals surface area contributed by atoms with Crippen molar-refractivity contribution in [2.24, 2.45) is 0 Å². The zero-order valence-corrected chi connectivity index (χ0v) is 17.9. The van der Waals surface area contributed by atoms with Crippen LogP contribution >= 0.6 is 0 Å². The van der Waals surface area contributed by atoms with E-state index in [9.17, 15) is 0 Å². The Balaban J connectivity index is 0.000000882. The van der Waals surface area contributed by atoms with Crippen molar-refractivity contribution in [1.29, 1.82) is 0 Å². The molecule has 0 bridgehead atoms. The van der Waals surface area contributed by atoms with Gasteiger partial charge in [-0.1, -0.05) is 72.8 Å². The van der Waals surface area contributed by atoms with Gasteiger partial charge >= 0.3 is 25.8 Å². The minimum absolute atomic E-state index is 0. The van der Waals surface area contributed by atoms with Gasteiger partial charge in [0.15, 0.2) is 0 Å². The molecule has 0 amide bonds. The van der Waals surface area contributed by atoms with E-state index in [4.69, 9.17) is 0 Å². The third kappa shape index (κ3) is 4.07. The average Bonchev–Trinajstić information content (AvgIpc) is 3.09. The SMILES string of the molecule is C1=CC(CCC2C=Cc3ccccc32)c2ccccc21.[Cl-].[Cl-].[Hf+2]. The van der Waals surface area contributed by atoms with Crippen molar-refractivity contribution in [1.82, 2.24) is 0 Å². The van der Waals surface area contributed by atoms with Gasteiger partial charge in [-0.25, -0.2) is 0 Å². The molecule has 2 aliphatic rings. The van der Waals surface area contributed by atoms with E-state index < -0.39 is 0 Å². The van der Waals surface area contributed by atoms with Gasteiger partial charge in [0.1, 0.15) is 0 Å². The standard InChI is InChI=1S/C20H18.2ClH.Hf/c1-3-7-19-15(5-1)9-11-17(19)13-14-18-12-10-16-6-2-4-8-20(16)18;;;/h1-12,17-18H,13-14H2;2*1H;/q;;;+2/p-2. The van der Waals surface area contributed by atoms with Gasteiger partial charge in [0.05, 0.1) is 0 Å². The van der Waals surface area contributed by atoms with Gasteiger partial charge in [0.2, 0.25) is 0 Å². The summed E-state index contributed by atoms with van der Waals surface area (Å²) in [6.45, 7) is 0. The van der Waals surface area contributed by atoms with Crippen molar-refractivity contribution in [3.8, 4) is 0 Å². The molecule has 2 aromatic carbocycles. The normalized spacial score (nSPS) is 19.1. The molecule has 0 saturated carbocycles. The van der Waals surface area contributed by atoms with E-state index in [-0.39, 0.29) is 50.7 Å². The number of benzene rings is 2. The van der Waals surface area contributed by atoms with E-state index in [1.54, 1.807) is 0 Å². The number of rotatable bonds is 3. The third-order valence-electron chi connectivity index (χ3n) is 4.60. The largest absolute Gasteiger partial charge is 2.00 e. The van der Waals surface area contributed by atoms with Crippen molar-refractivity contribution < 1.29 is 50.7 Å². The zero-order chi connectivity index (χ0) is 13.4. The summed E-state index contributed by atoms with van der Waals surface area (Å²) in [5.41, 5.74) is 5.81. The van der Waals surface area contributed by atoms with Crippen molar-refractivity contribution >= 4 is 12.2 Å². The second-order valence-corrected chi connectivity index (χ2v) is 5.77. The third-order valence-corrected chi connectivity index (χ3v) is 4.60. The smallest absolute Gasteiger partial charge is 1.00 e. The van der Waals surface area contributed by atoms with Crippen LogP contribution in [0.1, 0.15) is 46.9 Å². The minimum Gasteiger partial charge on any atom is -1.00 e. The molecule has 0 aromatic heterocycles. The maximum absolute atomic E-state index is 2.37. The van der Waals surface area contributed by atoms with Crippen LogP contribution in [-0.2, 0) is 25.8 Å². The maximum atomic E-state index is 2.37. The van der Waals surface area contributed by atoms with E-state index in [1.807, 2.05) is 0 Å². The molecule has 4 rings (SSSR count). The van der Waals surface area contributed by atoms with Crippen molar-refractivity contribution in [3.63, 3.8) is 0 Å². The Kier molecular flexibility index (Phi) is 8.00. The molecule has 0 saturated heterocycles. The van der Waals surface area contributed by atoms with Gasteiger partial charge in [0, 0.05) is 11.8 Å². The fraction of sp³-hybridized carbons (Fsp3) is 0.200. The van der Waals surface area contributed by atoms with Crippen LogP contribution in [-0.4, -0.2) is 0 Å². The summed E-state index contributed by atoms with van der Waals surface area (Å²) in [6, 6.07) is 17.6. The van der Waals surface area contributed by atoms with Crippen molar-refractivity contribution in [2.45, 2.75) is 24.7 Å². The number of halogens is 2. The molecular weight excluding hydrogens is 490 g/mol. The fourth-order valence-electron chi connectivity index (χ4n) is 3.51. The van der Waals surface area contributed by atoms with E-state index >= 15 is 0 Å². The van der Waals surface area contributed by atoms with E-state index in [0.29, 0.717) is 11.8 Å². The number of allylic oxidation sites excluding steroid dienone is 2. The van der Waals surface area contributed by atoms with E-state index in [2.05, 4.69) is 72.8 Å². The first-order valence-electron chi connectivity index (χ1n) is 7.46. The second-order valence-electron chi connectivity index (χ2n) is 5.77. The van der Waals surface area contributed by atoms with Crippen LogP contribution < -0.4 is 24.8 Å². The van der Waals surface area contributed by atoms with Crippen LogP contribution in [0.15, 0.2) is 60.7 Å². The van der Waals surface area contributed by atoms with Crippen molar-refractivity contribution in [2.75, 3.05) is 0 Å². The summed E-state index contributed by atoms with van der Waals surface area (Å²) in [5.74, 6) is 1.21. The second kappa shape index (κ2) is 9.01. The fourth-order valence-corrected chi connectivity index (χ4v) is 3.51. The van der Waals surface area contributed by atoms with Crippen LogP contribution in [0.3, 0.4) is 0 Å². The van der Waals surface area contributed by atoms with E-state index in [1.165, 1.54) is 35.1 Å². The molecule has 2 atom stereocenters. The average molecular weight is 508 g/mol. The predicted octanol–water partition coefficient (Wildman–Crippen LogP) is -0.607. The Bertz CT molecular complexity index is 645. The van der Waals surface area contributed by atoms with Crippen LogP contribution in [0, 0.1) is 0 Å². The first-order chi connectivity index (χ1) is 9.92. The Hall–Kier alpha value is -0.630. The molecule has 2 aromatic rings. The minimum atomic E-state index is 0. The molecular formula is C20H18Cl2Hf. The van der Waals surface area contributed by atoms with Gasteiger partial charge in [-0.15, -0.1) is 0 Å². The zero-order valence-electron chi connectivity index (χ0n) is 12.8. The molecule has 0 spiro atoms. The molecule has 0 heterocycles. The molecule has 23 heavy (non-hydrogen) atoms. The van der Waals surface area contributed by atoms with Gasteiger partial charge < -0.3 is 24.8 Å². The van der Waals surface area contributed by atoms with Gasteiger partial charge in [-0.2, -0.15) is 0 Å². The molecule has 3 heteroatoms. The number of fused-ring (bicyclic) bond motifs is 2. The molecule has 0 radical (unpaired) electrons. The van der Waals surface area contributed by atoms with Crippen LogP contribution in [0.2, 0.25) is 0 Å². The summed E-state index contributed by atoms with van der Waals surface area (Å²) in [4.78, 5) is 0. The molecule has 0 aliphatic heterocycles. The quantitative estimate of drug-likeness (QED) is 0.487. The monoisotopic (exact) mass is 508 g/mol. The molecule has 2 unspecified atom stereocenters. The summed E-state index contributed by atoms with van der Waals surface area (Å²) in [7, 11) is 0. The molecule has 0 nitrogen and oxygen atoms in total. The van der Waals surface area contributed by atoms with Crippen LogP contribution in [0.4, 0.5) is 0 Å². The Morgan fingerprint density at radius 2 is 1.00 bits per heavy atom. The number of hydrogen-bond acceptors (Lipinski definition) is 0. The molecule has 2 aliphatic carbocycles. The van der Waals surface area contributed by atoms with Crippen molar-refractivity contribution in [3.05, 3.63) is 82.9 Å². The Morgan fingerprint density at radius 3 is 1.43 bits per heavy atom. The first-order valence-corrected chi connectivity index (χ1v) is 7.46. The van der Waals surface area contributed by atoms with Gasteiger partial charge in [0.25, 0.3) is 0 Å². The predicted molar refractivity (Wildman–Crippen MR) is 85.7 cm³/mol. The molecule has 0 N–H and O–H groups in total. The first kappa shape index (κ1) is 20.4.